The summed E-state index contributed by atoms with van der Waals surface area (Å²) in [6.07, 6.45) is 3.19. The van der Waals surface area contributed by atoms with Crippen molar-refractivity contribution in [2.45, 2.75) is 19.8 Å². The van der Waals surface area contributed by atoms with E-state index in [1.165, 1.54) is 11.6 Å². The van der Waals surface area contributed by atoms with Crippen molar-refractivity contribution in [1.82, 2.24) is 5.32 Å². The molecule has 2 aromatic carbocycles. The van der Waals surface area contributed by atoms with Gasteiger partial charge in [0.25, 0.3) is 0 Å². The largest absolute Gasteiger partial charge is 0.331 e. The minimum absolute atomic E-state index is 0.189. The van der Waals surface area contributed by atoms with E-state index >= 15 is 0 Å². The number of amides is 1. The van der Waals surface area contributed by atoms with E-state index in [0.717, 1.165) is 10.0 Å². The molecule has 130 valence electrons. The first kappa shape index (κ1) is 19.6. The maximum absolute atomic E-state index is 12.0. The van der Waals surface area contributed by atoms with Crippen LogP contribution in [0.25, 0.3) is 6.08 Å². The predicted molar refractivity (Wildman–Crippen MR) is 113 cm³/mol. The first-order chi connectivity index (χ1) is 11.8. The monoisotopic (exact) mass is 436 g/mol. The first-order valence-electron chi connectivity index (χ1n) is 7.70. The highest BCUT2D eigenvalue weighted by Crippen LogP contribution is 2.25. The lowest BCUT2D eigenvalue weighted by molar-refractivity contribution is -0.115. The summed E-state index contributed by atoms with van der Waals surface area (Å²) in [6.45, 7) is 4.29. The summed E-state index contributed by atoms with van der Waals surface area (Å²) in [6, 6.07) is 13.4. The van der Waals surface area contributed by atoms with Gasteiger partial charge >= 0.3 is 0 Å². The lowest BCUT2D eigenvalue weighted by atomic mass is 10.0. The third-order valence-electron chi connectivity index (χ3n) is 3.45. The molecule has 0 radical (unpaired) electrons. The van der Waals surface area contributed by atoms with Crippen LogP contribution in [-0.2, 0) is 4.79 Å². The molecule has 0 saturated heterocycles. The van der Waals surface area contributed by atoms with Crippen LogP contribution in [0.2, 0.25) is 5.02 Å². The molecule has 0 aliphatic carbocycles. The molecule has 2 rings (SSSR count). The van der Waals surface area contributed by atoms with E-state index in [1.54, 1.807) is 18.2 Å². The minimum atomic E-state index is -0.307. The number of anilines is 1. The Morgan fingerprint density at radius 1 is 1.20 bits per heavy atom. The molecule has 0 fully saturated rings. The molecule has 2 aromatic rings. The second-order valence-electron chi connectivity index (χ2n) is 5.72. The number of nitrogens with one attached hydrogen (secondary N) is 2. The van der Waals surface area contributed by atoms with Gasteiger partial charge in [-0.05, 0) is 53.5 Å². The van der Waals surface area contributed by atoms with Crippen molar-refractivity contribution in [1.29, 1.82) is 0 Å². The average molecular weight is 438 g/mol. The molecule has 0 aromatic heterocycles. The summed E-state index contributed by atoms with van der Waals surface area (Å²) < 4.78 is 0.865. The van der Waals surface area contributed by atoms with Gasteiger partial charge in [-0.1, -0.05) is 65.6 Å². The average Bonchev–Trinajstić information content (AvgIpc) is 2.56. The van der Waals surface area contributed by atoms with E-state index in [4.69, 9.17) is 23.8 Å². The van der Waals surface area contributed by atoms with Crippen LogP contribution in [0.4, 0.5) is 5.69 Å². The van der Waals surface area contributed by atoms with Crippen molar-refractivity contribution in [3.63, 3.8) is 0 Å². The van der Waals surface area contributed by atoms with E-state index in [1.807, 2.05) is 18.2 Å². The Kier molecular flexibility index (Phi) is 7.17. The third kappa shape index (κ3) is 6.27. The molecule has 25 heavy (non-hydrogen) atoms. The van der Waals surface area contributed by atoms with Gasteiger partial charge in [0.05, 0.1) is 10.7 Å². The number of benzene rings is 2. The summed E-state index contributed by atoms with van der Waals surface area (Å²) in [5.74, 6) is 0.175. The second-order valence-corrected chi connectivity index (χ2v) is 7.45. The Morgan fingerprint density at radius 2 is 1.88 bits per heavy atom. The van der Waals surface area contributed by atoms with Gasteiger partial charge in [-0.2, -0.15) is 0 Å². The second kappa shape index (κ2) is 9.13. The molecule has 0 atom stereocenters. The fourth-order valence-corrected chi connectivity index (χ4v) is 2.99. The van der Waals surface area contributed by atoms with Crippen molar-refractivity contribution >= 4 is 62.5 Å². The molecule has 6 heteroatoms. The van der Waals surface area contributed by atoms with Crippen molar-refractivity contribution < 1.29 is 4.79 Å². The molecule has 0 aliphatic heterocycles. The SMILES string of the molecule is CC(C)c1ccc(/C=C/C(=O)NC(=S)Nc2ccc(Br)cc2Cl)cc1. The van der Waals surface area contributed by atoms with Crippen LogP contribution in [0.3, 0.4) is 0 Å². The summed E-state index contributed by atoms with van der Waals surface area (Å²) in [5, 5.41) is 6.19. The summed E-state index contributed by atoms with van der Waals surface area (Å²) in [5.41, 5.74) is 2.84. The molecular weight excluding hydrogens is 420 g/mol. The number of carbonyl (C=O) groups is 1. The summed E-state index contributed by atoms with van der Waals surface area (Å²) in [4.78, 5) is 12.0. The Morgan fingerprint density at radius 3 is 2.48 bits per heavy atom. The maximum atomic E-state index is 12.0. The molecule has 1 amide bonds. The lowest BCUT2D eigenvalue weighted by Crippen LogP contribution is -2.32. The maximum Gasteiger partial charge on any atom is 0.250 e. The number of carbonyl (C=O) groups excluding carboxylic acids is 1. The van der Waals surface area contributed by atoms with Crippen LogP contribution in [-0.4, -0.2) is 11.0 Å². The molecule has 0 saturated carbocycles. The fourth-order valence-electron chi connectivity index (χ4n) is 2.06. The van der Waals surface area contributed by atoms with Crippen LogP contribution < -0.4 is 10.6 Å². The van der Waals surface area contributed by atoms with Gasteiger partial charge < -0.3 is 5.32 Å². The van der Waals surface area contributed by atoms with Gasteiger partial charge in [-0.25, -0.2) is 0 Å². The van der Waals surface area contributed by atoms with Crippen LogP contribution in [0, 0.1) is 0 Å². The highest BCUT2D eigenvalue weighted by atomic mass is 79.9. The number of hydrogen-bond acceptors (Lipinski definition) is 2. The van der Waals surface area contributed by atoms with Gasteiger partial charge in [0, 0.05) is 10.5 Å². The molecule has 0 heterocycles. The standard InChI is InChI=1S/C19H18BrClN2OS/c1-12(2)14-6-3-13(4-7-14)5-10-18(24)23-19(25)22-17-9-8-15(20)11-16(17)21/h3-12H,1-2H3,(H2,22,23,24,25)/b10-5+. The smallest absolute Gasteiger partial charge is 0.250 e. The third-order valence-corrected chi connectivity index (χ3v) is 4.46. The number of rotatable bonds is 4. The Balaban J connectivity index is 1.91. The van der Waals surface area contributed by atoms with Gasteiger partial charge in [0.2, 0.25) is 5.91 Å². The minimum Gasteiger partial charge on any atom is -0.331 e. The normalized spacial score (nSPS) is 10.9. The number of hydrogen-bond donors (Lipinski definition) is 2. The molecule has 0 aliphatic rings. The zero-order chi connectivity index (χ0) is 18.4. The zero-order valence-corrected chi connectivity index (χ0v) is 17.0. The van der Waals surface area contributed by atoms with E-state index < -0.39 is 0 Å². The van der Waals surface area contributed by atoms with Gasteiger partial charge in [0.15, 0.2) is 5.11 Å². The molecule has 2 N–H and O–H groups in total. The highest BCUT2D eigenvalue weighted by molar-refractivity contribution is 9.10. The summed E-state index contributed by atoms with van der Waals surface area (Å²) in [7, 11) is 0. The molecule has 3 nitrogen and oxygen atoms in total. The van der Waals surface area contributed by atoms with Crippen molar-refractivity contribution in [2.24, 2.45) is 0 Å². The van der Waals surface area contributed by atoms with Gasteiger partial charge in [-0.3, -0.25) is 10.1 Å². The quantitative estimate of drug-likeness (QED) is 0.472. The van der Waals surface area contributed by atoms with E-state index in [0.29, 0.717) is 16.6 Å². The van der Waals surface area contributed by atoms with Gasteiger partial charge in [0.1, 0.15) is 0 Å². The van der Waals surface area contributed by atoms with E-state index in [-0.39, 0.29) is 11.0 Å². The highest BCUT2D eigenvalue weighted by Gasteiger charge is 2.05. The molecule has 0 bridgehead atoms. The molecular formula is C19H18BrClN2OS. The first-order valence-corrected chi connectivity index (χ1v) is 9.28. The number of thiocarbonyl (C=S) groups is 1. The zero-order valence-electron chi connectivity index (χ0n) is 13.8. The van der Waals surface area contributed by atoms with Crippen molar-refractivity contribution in [3.05, 3.63) is 69.2 Å². The summed E-state index contributed by atoms with van der Waals surface area (Å²) >= 11 is 14.6. The van der Waals surface area contributed by atoms with Crippen molar-refractivity contribution in [2.75, 3.05) is 5.32 Å². The Hall–Kier alpha value is -1.69. The Labute approximate surface area is 166 Å². The van der Waals surface area contributed by atoms with Gasteiger partial charge in [-0.15, -0.1) is 0 Å². The predicted octanol–water partition coefficient (Wildman–Crippen LogP) is 5.75. The van der Waals surface area contributed by atoms with Crippen LogP contribution in [0.5, 0.6) is 0 Å². The fraction of sp³-hybridized carbons (Fsp3) is 0.158. The van der Waals surface area contributed by atoms with Crippen LogP contribution in [0.15, 0.2) is 53.0 Å². The van der Waals surface area contributed by atoms with E-state index in [9.17, 15) is 4.79 Å². The van der Waals surface area contributed by atoms with Crippen LogP contribution >= 0.6 is 39.7 Å². The van der Waals surface area contributed by atoms with Crippen LogP contribution in [0.1, 0.15) is 30.9 Å². The molecule has 0 unspecified atom stereocenters. The number of halogens is 2. The Bertz CT molecular complexity index is 804. The topological polar surface area (TPSA) is 41.1 Å². The van der Waals surface area contributed by atoms with E-state index in [2.05, 4.69) is 52.5 Å². The lowest BCUT2D eigenvalue weighted by Gasteiger charge is -2.10. The van der Waals surface area contributed by atoms with Crippen molar-refractivity contribution in [3.8, 4) is 0 Å². The molecule has 0 spiro atoms.